The number of ether oxygens (including phenoxy) is 1. The number of morpholine rings is 1. The smallest absolute Gasteiger partial charge is 0.249 e. The van der Waals surface area contributed by atoms with Gasteiger partial charge in [0.25, 0.3) is 0 Å². The highest BCUT2D eigenvalue weighted by Gasteiger charge is 2.46. The van der Waals surface area contributed by atoms with Crippen molar-refractivity contribution in [3.8, 4) is 0 Å². The number of halogens is 2. The molecule has 1 aromatic rings. The van der Waals surface area contributed by atoms with Crippen LogP contribution in [0.2, 0.25) is 0 Å². The van der Waals surface area contributed by atoms with Gasteiger partial charge in [0.15, 0.2) is 4.90 Å². The van der Waals surface area contributed by atoms with Gasteiger partial charge in [0.2, 0.25) is 10.0 Å². The molecule has 98 valence electrons. The Morgan fingerprint density at radius 2 is 1.94 bits per heavy atom. The molecular weight excluding hydrogens is 264 g/mol. The monoisotopic (exact) mass is 275 g/mol. The first kappa shape index (κ1) is 12.0. The Bertz CT molecular complexity index is 570. The molecule has 0 spiro atoms. The maximum Gasteiger partial charge on any atom is 0.249 e. The lowest BCUT2D eigenvalue weighted by Gasteiger charge is -2.26. The Labute approximate surface area is 103 Å². The zero-order valence-corrected chi connectivity index (χ0v) is 10.2. The Balaban J connectivity index is 2.05. The van der Waals surface area contributed by atoms with Crippen molar-refractivity contribution < 1.29 is 21.9 Å². The molecule has 18 heavy (non-hydrogen) atoms. The quantitative estimate of drug-likeness (QED) is 0.812. The van der Waals surface area contributed by atoms with Crippen molar-refractivity contribution in [2.75, 3.05) is 13.2 Å². The largest absolute Gasteiger partial charge is 0.375 e. The van der Waals surface area contributed by atoms with Crippen molar-refractivity contribution in [1.82, 2.24) is 4.31 Å². The van der Waals surface area contributed by atoms with Crippen LogP contribution in [0.15, 0.2) is 23.1 Å². The van der Waals surface area contributed by atoms with Gasteiger partial charge in [-0.2, -0.15) is 4.31 Å². The van der Waals surface area contributed by atoms with E-state index < -0.39 is 26.6 Å². The summed E-state index contributed by atoms with van der Waals surface area (Å²) in [6.07, 6.45) is 0.439. The van der Waals surface area contributed by atoms with E-state index in [-0.39, 0.29) is 18.7 Å². The summed E-state index contributed by atoms with van der Waals surface area (Å²) in [4.78, 5) is -0.863. The third kappa shape index (κ3) is 1.65. The molecule has 2 fully saturated rings. The van der Waals surface area contributed by atoms with Gasteiger partial charge < -0.3 is 4.74 Å². The van der Waals surface area contributed by atoms with Crippen LogP contribution in [0.3, 0.4) is 0 Å². The number of hydrogen-bond acceptors (Lipinski definition) is 3. The summed E-state index contributed by atoms with van der Waals surface area (Å²) in [5, 5.41) is 0. The van der Waals surface area contributed by atoms with E-state index in [9.17, 15) is 17.2 Å². The second-order valence-electron chi connectivity index (χ2n) is 4.47. The summed E-state index contributed by atoms with van der Waals surface area (Å²) in [6, 6.07) is 2.73. The molecule has 3 rings (SSSR count). The van der Waals surface area contributed by atoms with Crippen LogP contribution in [0.1, 0.15) is 6.42 Å². The second-order valence-corrected chi connectivity index (χ2v) is 6.30. The highest BCUT2D eigenvalue weighted by Crippen LogP contribution is 2.34. The Morgan fingerprint density at radius 3 is 2.44 bits per heavy atom. The van der Waals surface area contributed by atoms with Crippen LogP contribution >= 0.6 is 0 Å². The van der Waals surface area contributed by atoms with Crippen molar-refractivity contribution in [3.05, 3.63) is 29.8 Å². The fraction of sp³-hybridized carbons (Fsp3) is 0.455. The molecule has 0 aromatic heterocycles. The number of nitrogens with zero attached hydrogens (tertiary/aromatic N) is 1. The molecule has 0 saturated carbocycles. The van der Waals surface area contributed by atoms with E-state index in [1.807, 2.05) is 0 Å². The first-order valence-corrected chi connectivity index (χ1v) is 7.01. The van der Waals surface area contributed by atoms with Gasteiger partial charge in [0.1, 0.15) is 11.6 Å². The minimum Gasteiger partial charge on any atom is -0.375 e. The normalized spacial score (nSPS) is 27.9. The van der Waals surface area contributed by atoms with Gasteiger partial charge in [-0.1, -0.05) is 6.07 Å². The standard InChI is InChI=1S/C11H11F2NO3S/c12-9-2-1-3-10(13)11(9)18(15,16)14-5-8-4-7(14)6-17-8/h1-3,7-8H,4-6H2. The van der Waals surface area contributed by atoms with E-state index in [1.54, 1.807) is 0 Å². The van der Waals surface area contributed by atoms with Gasteiger partial charge >= 0.3 is 0 Å². The zero-order chi connectivity index (χ0) is 12.9. The van der Waals surface area contributed by atoms with E-state index in [1.165, 1.54) is 0 Å². The summed E-state index contributed by atoms with van der Waals surface area (Å²) in [6.45, 7) is 0.459. The number of benzene rings is 1. The highest BCUT2D eigenvalue weighted by atomic mass is 32.2. The van der Waals surface area contributed by atoms with Crippen LogP contribution in [-0.2, 0) is 14.8 Å². The lowest BCUT2D eigenvalue weighted by molar-refractivity contribution is 0.0607. The summed E-state index contributed by atoms with van der Waals surface area (Å²) < 4.78 is 58.1. The molecule has 0 N–H and O–H groups in total. The Morgan fingerprint density at radius 1 is 1.28 bits per heavy atom. The summed E-state index contributed by atoms with van der Waals surface area (Å²) in [7, 11) is -4.13. The minimum absolute atomic E-state index is 0.153. The van der Waals surface area contributed by atoms with Crippen LogP contribution in [0.4, 0.5) is 8.78 Å². The summed E-state index contributed by atoms with van der Waals surface area (Å²) in [5.41, 5.74) is 0. The van der Waals surface area contributed by atoms with Crippen molar-refractivity contribution in [2.24, 2.45) is 0 Å². The predicted octanol–water partition coefficient (Wildman–Crippen LogP) is 1.13. The van der Waals surface area contributed by atoms with Crippen molar-refractivity contribution >= 4 is 10.0 Å². The molecule has 0 amide bonds. The summed E-state index contributed by atoms with van der Waals surface area (Å²) >= 11 is 0. The Hall–Kier alpha value is -1.05. The van der Waals surface area contributed by atoms with Gasteiger partial charge in [-0.15, -0.1) is 0 Å². The molecule has 2 unspecified atom stereocenters. The number of rotatable bonds is 2. The van der Waals surface area contributed by atoms with E-state index >= 15 is 0 Å². The molecule has 2 saturated heterocycles. The zero-order valence-electron chi connectivity index (χ0n) is 9.34. The van der Waals surface area contributed by atoms with Crippen LogP contribution in [0.25, 0.3) is 0 Å². The fourth-order valence-electron chi connectivity index (χ4n) is 2.51. The maximum atomic E-state index is 13.6. The number of fused-ring (bicyclic) bond motifs is 2. The van der Waals surface area contributed by atoms with E-state index in [2.05, 4.69) is 0 Å². The van der Waals surface area contributed by atoms with Crippen molar-refractivity contribution in [2.45, 2.75) is 23.5 Å². The van der Waals surface area contributed by atoms with Crippen LogP contribution in [0.5, 0.6) is 0 Å². The fourth-order valence-corrected chi connectivity index (χ4v) is 4.27. The lowest BCUT2D eigenvalue weighted by atomic mass is 10.3. The molecule has 2 aliphatic rings. The predicted molar refractivity (Wildman–Crippen MR) is 58.4 cm³/mol. The maximum absolute atomic E-state index is 13.6. The average Bonchev–Trinajstić information content (AvgIpc) is 2.90. The first-order chi connectivity index (χ1) is 8.50. The number of hydrogen-bond donors (Lipinski definition) is 0. The third-order valence-corrected chi connectivity index (χ3v) is 5.31. The van der Waals surface area contributed by atoms with E-state index in [0.717, 1.165) is 22.5 Å². The van der Waals surface area contributed by atoms with E-state index in [0.29, 0.717) is 13.0 Å². The molecule has 0 radical (unpaired) electrons. The van der Waals surface area contributed by atoms with Crippen LogP contribution < -0.4 is 0 Å². The van der Waals surface area contributed by atoms with Crippen LogP contribution in [-0.4, -0.2) is 38.0 Å². The van der Waals surface area contributed by atoms with Gasteiger partial charge in [0, 0.05) is 6.54 Å². The molecule has 4 nitrogen and oxygen atoms in total. The molecule has 0 aliphatic carbocycles. The lowest BCUT2D eigenvalue weighted by Crippen LogP contribution is -2.41. The molecule has 2 bridgehead atoms. The third-order valence-electron chi connectivity index (χ3n) is 3.34. The molecule has 2 atom stereocenters. The van der Waals surface area contributed by atoms with Crippen molar-refractivity contribution in [1.29, 1.82) is 0 Å². The van der Waals surface area contributed by atoms with Gasteiger partial charge in [-0.05, 0) is 18.6 Å². The first-order valence-electron chi connectivity index (χ1n) is 5.57. The molecule has 2 heterocycles. The van der Waals surface area contributed by atoms with E-state index in [4.69, 9.17) is 4.74 Å². The molecule has 1 aromatic carbocycles. The SMILES string of the molecule is O=S(=O)(c1c(F)cccc1F)N1CC2CC1CO2. The summed E-state index contributed by atoms with van der Waals surface area (Å²) in [5.74, 6) is -2.11. The van der Waals surface area contributed by atoms with Gasteiger partial charge in [-0.25, -0.2) is 17.2 Å². The average molecular weight is 275 g/mol. The topological polar surface area (TPSA) is 46.6 Å². The van der Waals surface area contributed by atoms with Gasteiger partial charge in [-0.3, -0.25) is 0 Å². The molecule has 7 heteroatoms. The Kier molecular flexibility index (Phi) is 2.65. The second kappa shape index (κ2) is 3.97. The van der Waals surface area contributed by atoms with Gasteiger partial charge in [0.05, 0.1) is 18.8 Å². The van der Waals surface area contributed by atoms with Crippen molar-refractivity contribution in [3.63, 3.8) is 0 Å². The molecule has 2 aliphatic heterocycles. The van der Waals surface area contributed by atoms with Crippen LogP contribution in [0, 0.1) is 11.6 Å². The minimum atomic E-state index is -4.13. The highest BCUT2D eigenvalue weighted by molar-refractivity contribution is 7.89. The molecular formula is C11H11F2NO3S. The number of sulfonamides is 1.